The Balaban J connectivity index is 1.93. The average Bonchev–Trinajstić information content (AvgIpc) is 2.73. The van der Waals surface area contributed by atoms with E-state index >= 15 is 0 Å². The predicted octanol–water partition coefficient (Wildman–Crippen LogP) is 1.79. The molecule has 0 fully saturated rings. The lowest BCUT2D eigenvalue weighted by Gasteiger charge is -2.28. The number of hydrogen-bond donors (Lipinski definition) is 3. The number of H-pyrrole nitrogens is 1. The number of rotatable bonds is 4. The van der Waals surface area contributed by atoms with Crippen molar-refractivity contribution >= 4 is 0 Å². The number of aromatic hydroxyl groups is 1. The number of aromatic amines is 1. The van der Waals surface area contributed by atoms with E-state index in [2.05, 4.69) is 10.3 Å². The first-order valence-electron chi connectivity index (χ1n) is 9.58. The smallest absolute Gasteiger partial charge is 0.335 e. The van der Waals surface area contributed by atoms with Crippen molar-refractivity contribution in [1.82, 2.24) is 14.9 Å². The fourth-order valence-corrected chi connectivity index (χ4v) is 3.87. The van der Waals surface area contributed by atoms with Crippen LogP contribution >= 0.6 is 0 Å². The van der Waals surface area contributed by atoms with Crippen LogP contribution < -0.4 is 26.0 Å². The van der Waals surface area contributed by atoms with E-state index < -0.39 is 23.2 Å². The lowest BCUT2D eigenvalue weighted by molar-refractivity contribution is 0.352. The van der Waals surface area contributed by atoms with Crippen molar-refractivity contribution in [2.45, 2.75) is 19.4 Å². The van der Waals surface area contributed by atoms with Crippen LogP contribution in [-0.2, 0) is 6.42 Å². The van der Waals surface area contributed by atoms with Gasteiger partial charge in [0.2, 0.25) is 5.88 Å². The molecular formula is C22H23N3O5. The molecule has 0 amide bonds. The topological polar surface area (TPSA) is 106 Å². The van der Waals surface area contributed by atoms with Crippen molar-refractivity contribution in [3.8, 4) is 23.1 Å². The first kappa shape index (κ1) is 19.8. The average molecular weight is 409 g/mol. The van der Waals surface area contributed by atoms with E-state index in [9.17, 15) is 14.7 Å². The van der Waals surface area contributed by atoms with Gasteiger partial charge in [-0.25, -0.2) is 9.36 Å². The Morgan fingerprint density at radius 1 is 1.07 bits per heavy atom. The van der Waals surface area contributed by atoms with Gasteiger partial charge in [0.1, 0.15) is 0 Å². The zero-order chi connectivity index (χ0) is 21.4. The Hall–Kier alpha value is -3.52. The van der Waals surface area contributed by atoms with Crippen LogP contribution in [0.4, 0.5) is 0 Å². The van der Waals surface area contributed by atoms with Crippen LogP contribution in [0.1, 0.15) is 28.3 Å². The Bertz CT molecular complexity index is 1210. The number of aromatic nitrogens is 2. The van der Waals surface area contributed by atoms with E-state index in [0.29, 0.717) is 23.7 Å². The highest BCUT2D eigenvalue weighted by Crippen LogP contribution is 2.38. The maximum absolute atomic E-state index is 12.8. The van der Waals surface area contributed by atoms with Crippen LogP contribution in [0.15, 0.2) is 46.0 Å². The van der Waals surface area contributed by atoms with Crippen molar-refractivity contribution in [2.75, 3.05) is 20.8 Å². The van der Waals surface area contributed by atoms with Crippen LogP contribution in [0.25, 0.3) is 5.69 Å². The molecule has 0 radical (unpaired) electrons. The zero-order valence-electron chi connectivity index (χ0n) is 17.0. The normalized spacial score (nSPS) is 15.5. The van der Waals surface area contributed by atoms with Gasteiger partial charge in [0.05, 0.1) is 31.5 Å². The van der Waals surface area contributed by atoms with Gasteiger partial charge in [-0.3, -0.25) is 9.78 Å². The van der Waals surface area contributed by atoms with Gasteiger partial charge in [-0.15, -0.1) is 0 Å². The fourth-order valence-electron chi connectivity index (χ4n) is 3.87. The Labute approximate surface area is 172 Å². The second-order valence-electron chi connectivity index (χ2n) is 7.21. The lowest BCUT2D eigenvalue weighted by Crippen LogP contribution is -2.38. The van der Waals surface area contributed by atoms with Crippen molar-refractivity contribution in [3.63, 3.8) is 0 Å². The highest BCUT2D eigenvalue weighted by molar-refractivity contribution is 5.53. The third kappa shape index (κ3) is 3.25. The Morgan fingerprint density at radius 2 is 1.73 bits per heavy atom. The van der Waals surface area contributed by atoms with E-state index in [4.69, 9.17) is 9.47 Å². The van der Waals surface area contributed by atoms with Crippen molar-refractivity contribution in [2.24, 2.45) is 0 Å². The minimum atomic E-state index is -0.701. The van der Waals surface area contributed by atoms with Crippen LogP contribution in [0.5, 0.6) is 17.4 Å². The number of nitrogens with zero attached hydrogens (tertiary/aromatic N) is 1. The minimum Gasteiger partial charge on any atom is -0.494 e. The molecule has 30 heavy (non-hydrogen) atoms. The number of benzene rings is 2. The van der Waals surface area contributed by atoms with E-state index in [1.165, 1.54) is 7.11 Å². The van der Waals surface area contributed by atoms with Crippen LogP contribution in [0, 0.1) is 6.92 Å². The summed E-state index contributed by atoms with van der Waals surface area (Å²) in [4.78, 5) is 27.6. The molecule has 8 nitrogen and oxygen atoms in total. The maximum atomic E-state index is 12.8. The zero-order valence-corrected chi connectivity index (χ0v) is 17.0. The summed E-state index contributed by atoms with van der Waals surface area (Å²) in [6.45, 7) is 2.52. The summed E-state index contributed by atoms with van der Waals surface area (Å²) in [5, 5.41) is 14.3. The standard InChI is InChI=1S/C22H23N3O5/c1-12-4-6-14(7-5-12)25-21(27)18(20(26)24-22(25)28)19-15-11-17(30-3)16(29-2)10-13(15)8-9-23-19/h4-7,10-11,19,23,27H,8-9H2,1-3H3,(H,24,26,28)/t19-/m0/s1. The number of nitrogens with one attached hydrogen (secondary N) is 2. The third-order valence-corrected chi connectivity index (χ3v) is 5.40. The van der Waals surface area contributed by atoms with Crippen LogP contribution in [0.2, 0.25) is 0 Å². The fraction of sp³-hybridized carbons (Fsp3) is 0.273. The molecule has 0 saturated carbocycles. The summed E-state index contributed by atoms with van der Waals surface area (Å²) in [5.41, 5.74) is 1.97. The second-order valence-corrected chi connectivity index (χ2v) is 7.21. The molecule has 0 aliphatic carbocycles. The van der Waals surface area contributed by atoms with Gasteiger partial charge in [-0.1, -0.05) is 17.7 Å². The Kier molecular flexibility index (Phi) is 5.09. The molecule has 3 N–H and O–H groups in total. The molecule has 8 heteroatoms. The highest BCUT2D eigenvalue weighted by atomic mass is 16.5. The molecule has 1 aliphatic heterocycles. The molecule has 0 saturated heterocycles. The van der Waals surface area contributed by atoms with Crippen molar-refractivity contribution < 1.29 is 14.6 Å². The summed E-state index contributed by atoms with van der Waals surface area (Å²) in [5.74, 6) is 0.722. The quantitative estimate of drug-likeness (QED) is 0.607. The molecule has 0 unspecified atom stereocenters. The van der Waals surface area contributed by atoms with Gasteiger partial charge in [0.25, 0.3) is 5.56 Å². The molecule has 0 spiro atoms. The number of methoxy groups -OCH3 is 2. The van der Waals surface area contributed by atoms with Gasteiger partial charge in [0, 0.05) is 6.54 Å². The molecule has 1 aliphatic rings. The molecule has 4 rings (SSSR count). The van der Waals surface area contributed by atoms with Crippen molar-refractivity contribution in [1.29, 1.82) is 0 Å². The van der Waals surface area contributed by atoms with Crippen molar-refractivity contribution in [3.05, 3.63) is 79.5 Å². The maximum Gasteiger partial charge on any atom is 0.335 e. The molecule has 156 valence electrons. The van der Waals surface area contributed by atoms with E-state index in [1.54, 1.807) is 25.3 Å². The summed E-state index contributed by atoms with van der Waals surface area (Å²) < 4.78 is 11.9. The molecule has 3 aromatic rings. The SMILES string of the molecule is COc1cc2c(cc1OC)[C@@H](c1c(O)n(-c3ccc(C)cc3)c(=O)[nH]c1=O)NCC2. The molecule has 2 aromatic carbocycles. The number of aryl methyl sites for hydroxylation is 1. The highest BCUT2D eigenvalue weighted by Gasteiger charge is 2.30. The molecular weight excluding hydrogens is 386 g/mol. The van der Waals surface area contributed by atoms with E-state index in [1.807, 2.05) is 25.1 Å². The summed E-state index contributed by atoms with van der Waals surface area (Å²) >= 11 is 0. The molecule has 0 bridgehead atoms. The lowest BCUT2D eigenvalue weighted by atomic mass is 9.90. The largest absolute Gasteiger partial charge is 0.494 e. The number of hydrogen-bond acceptors (Lipinski definition) is 6. The first-order chi connectivity index (χ1) is 14.4. The molecule has 2 heterocycles. The summed E-state index contributed by atoms with van der Waals surface area (Å²) in [6.07, 6.45) is 0.725. The number of ether oxygens (including phenoxy) is 2. The van der Waals surface area contributed by atoms with Gasteiger partial charge < -0.3 is 19.9 Å². The first-order valence-corrected chi connectivity index (χ1v) is 9.58. The van der Waals surface area contributed by atoms with Crippen LogP contribution in [-0.4, -0.2) is 35.4 Å². The summed E-state index contributed by atoms with van der Waals surface area (Å²) in [6, 6.07) is 10.2. The predicted molar refractivity (Wildman–Crippen MR) is 112 cm³/mol. The van der Waals surface area contributed by atoms with E-state index in [0.717, 1.165) is 27.7 Å². The van der Waals surface area contributed by atoms with Gasteiger partial charge in [0.15, 0.2) is 11.5 Å². The van der Waals surface area contributed by atoms with Crippen LogP contribution in [0.3, 0.4) is 0 Å². The second kappa shape index (κ2) is 7.72. The monoisotopic (exact) mass is 409 g/mol. The Morgan fingerprint density at radius 3 is 2.40 bits per heavy atom. The third-order valence-electron chi connectivity index (χ3n) is 5.40. The number of fused-ring (bicyclic) bond motifs is 1. The minimum absolute atomic E-state index is 0.0725. The summed E-state index contributed by atoms with van der Waals surface area (Å²) in [7, 11) is 3.11. The van der Waals surface area contributed by atoms with Gasteiger partial charge in [-0.2, -0.15) is 0 Å². The van der Waals surface area contributed by atoms with E-state index in [-0.39, 0.29) is 5.56 Å². The van der Waals surface area contributed by atoms with Gasteiger partial charge in [-0.05, 0) is 48.7 Å². The molecule has 1 atom stereocenters. The van der Waals surface area contributed by atoms with Gasteiger partial charge >= 0.3 is 5.69 Å². The molecule has 1 aromatic heterocycles.